The van der Waals surface area contributed by atoms with E-state index in [1.165, 1.54) is 0 Å². The molecule has 1 saturated carbocycles. The lowest BCUT2D eigenvalue weighted by Gasteiger charge is -2.21. The van der Waals surface area contributed by atoms with Crippen molar-refractivity contribution in [2.75, 3.05) is 6.54 Å². The smallest absolute Gasteiger partial charge is 0.254 e. The molecule has 0 bridgehead atoms. The number of carbonyl (C=O) groups excluding carboxylic acids is 1. The van der Waals surface area contributed by atoms with Crippen molar-refractivity contribution in [2.45, 2.75) is 38.6 Å². The third-order valence-corrected chi connectivity index (χ3v) is 3.37. The molecule has 4 heteroatoms. The Morgan fingerprint density at radius 1 is 1.58 bits per heavy atom. The second kappa shape index (κ2) is 6.20. The van der Waals surface area contributed by atoms with Crippen LogP contribution in [0.3, 0.4) is 0 Å². The van der Waals surface area contributed by atoms with E-state index in [0.29, 0.717) is 23.3 Å². The van der Waals surface area contributed by atoms with Gasteiger partial charge in [0.1, 0.15) is 5.15 Å². The molecule has 0 radical (unpaired) electrons. The lowest BCUT2D eigenvalue weighted by atomic mass is 10.1. The summed E-state index contributed by atoms with van der Waals surface area (Å²) in [7, 11) is 0. The first-order valence-electron chi connectivity index (χ1n) is 6.74. The van der Waals surface area contributed by atoms with Gasteiger partial charge in [-0.2, -0.15) is 0 Å². The first kappa shape index (κ1) is 14.1. The third-order valence-electron chi connectivity index (χ3n) is 3.17. The van der Waals surface area contributed by atoms with Crippen molar-refractivity contribution in [1.29, 1.82) is 0 Å². The van der Waals surface area contributed by atoms with Gasteiger partial charge in [-0.05, 0) is 31.4 Å². The van der Waals surface area contributed by atoms with Crippen LogP contribution in [0.5, 0.6) is 0 Å². The second-order valence-corrected chi connectivity index (χ2v) is 5.28. The summed E-state index contributed by atoms with van der Waals surface area (Å²) in [5.41, 5.74) is 1.52. The van der Waals surface area contributed by atoms with Crippen molar-refractivity contribution in [2.24, 2.45) is 0 Å². The van der Waals surface area contributed by atoms with Gasteiger partial charge in [0.05, 0.1) is 0 Å². The molecule has 1 fully saturated rings. The molecule has 0 aliphatic heterocycles. The molecule has 1 aliphatic rings. The molecule has 1 heterocycles. The van der Waals surface area contributed by atoms with Gasteiger partial charge >= 0.3 is 0 Å². The van der Waals surface area contributed by atoms with E-state index in [1.807, 2.05) is 11.0 Å². The average molecular weight is 279 g/mol. The van der Waals surface area contributed by atoms with Gasteiger partial charge in [-0.15, -0.1) is 6.58 Å². The van der Waals surface area contributed by atoms with Crippen LogP contribution in [0.15, 0.2) is 24.8 Å². The molecule has 0 aromatic carbocycles. The van der Waals surface area contributed by atoms with Gasteiger partial charge in [0.25, 0.3) is 5.91 Å². The van der Waals surface area contributed by atoms with Crippen LogP contribution < -0.4 is 0 Å². The summed E-state index contributed by atoms with van der Waals surface area (Å²) < 4.78 is 0. The number of hydrogen-bond acceptors (Lipinski definition) is 2. The maximum atomic E-state index is 12.5. The minimum atomic E-state index is 0.0315. The highest BCUT2D eigenvalue weighted by molar-refractivity contribution is 6.29. The van der Waals surface area contributed by atoms with Crippen LogP contribution in [0.4, 0.5) is 0 Å². The van der Waals surface area contributed by atoms with Crippen LogP contribution in [0.25, 0.3) is 0 Å². The largest absolute Gasteiger partial charge is 0.332 e. The predicted molar refractivity (Wildman–Crippen MR) is 77.5 cm³/mol. The Bertz CT molecular complexity index is 483. The Labute approximate surface area is 119 Å². The summed E-state index contributed by atoms with van der Waals surface area (Å²) >= 11 is 6.00. The molecule has 0 atom stereocenters. The fourth-order valence-corrected chi connectivity index (χ4v) is 2.37. The first-order chi connectivity index (χ1) is 9.15. The highest BCUT2D eigenvalue weighted by Crippen LogP contribution is 2.28. The fraction of sp³-hybridized carbons (Fsp3) is 0.467. The third kappa shape index (κ3) is 3.57. The number of aryl methyl sites for hydroxylation is 1. The van der Waals surface area contributed by atoms with E-state index in [-0.39, 0.29) is 5.91 Å². The van der Waals surface area contributed by atoms with Crippen molar-refractivity contribution < 1.29 is 4.79 Å². The Balaban J connectivity index is 2.23. The SMILES string of the molecule is C=CCN(C(=O)c1cc(Cl)nc(CCC)c1)C1CC1. The summed E-state index contributed by atoms with van der Waals surface area (Å²) in [6.45, 7) is 6.39. The number of amides is 1. The molecular formula is C15H19ClN2O. The van der Waals surface area contributed by atoms with Crippen LogP contribution in [0, 0.1) is 0 Å². The summed E-state index contributed by atoms with van der Waals surface area (Å²) in [5, 5.41) is 0.392. The molecule has 1 aromatic rings. The normalized spacial score (nSPS) is 14.2. The number of halogens is 1. The highest BCUT2D eigenvalue weighted by atomic mass is 35.5. The fourth-order valence-electron chi connectivity index (χ4n) is 2.15. The molecule has 1 aliphatic carbocycles. The van der Waals surface area contributed by atoms with Crippen molar-refractivity contribution in [3.05, 3.63) is 41.2 Å². The monoisotopic (exact) mass is 278 g/mol. The van der Waals surface area contributed by atoms with E-state index in [1.54, 1.807) is 12.1 Å². The zero-order valence-corrected chi connectivity index (χ0v) is 12.0. The quantitative estimate of drug-likeness (QED) is 0.590. The summed E-state index contributed by atoms with van der Waals surface area (Å²) in [6, 6.07) is 3.88. The number of hydrogen-bond donors (Lipinski definition) is 0. The lowest BCUT2D eigenvalue weighted by molar-refractivity contribution is 0.0762. The first-order valence-corrected chi connectivity index (χ1v) is 7.11. The number of rotatable bonds is 6. The molecule has 0 saturated heterocycles. The number of aromatic nitrogens is 1. The molecular weight excluding hydrogens is 260 g/mol. The van der Waals surface area contributed by atoms with Gasteiger partial charge in [-0.25, -0.2) is 4.98 Å². The zero-order chi connectivity index (χ0) is 13.8. The summed E-state index contributed by atoms with van der Waals surface area (Å²) in [5.74, 6) is 0.0315. The van der Waals surface area contributed by atoms with E-state index in [9.17, 15) is 4.79 Å². The molecule has 0 spiro atoms. The topological polar surface area (TPSA) is 33.2 Å². The molecule has 0 unspecified atom stereocenters. The molecule has 1 amide bonds. The van der Waals surface area contributed by atoms with E-state index in [4.69, 9.17) is 11.6 Å². The van der Waals surface area contributed by atoms with Gasteiger partial charge in [-0.3, -0.25) is 4.79 Å². The molecule has 0 N–H and O–H groups in total. The van der Waals surface area contributed by atoms with Gasteiger partial charge in [-0.1, -0.05) is 31.0 Å². The molecule has 1 aromatic heterocycles. The predicted octanol–water partition coefficient (Wildman–Crippen LogP) is 3.48. The van der Waals surface area contributed by atoms with Gasteiger partial charge < -0.3 is 4.90 Å². The van der Waals surface area contributed by atoms with E-state index >= 15 is 0 Å². The van der Waals surface area contributed by atoms with E-state index < -0.39 is 0 Å². The van der Waals surface area contributed by atoms with Crippen LogP contribution >= 0.6 is 11.6 Å². The van der Waals surface area contributed by atoms with E-state index in [0.717, 1.165) is 31.4 Å². The minimum Gasteiger partial charge on any atom is -0.332 e. The molecule has 102 valence electrons. The number of pyridine rings is 1. The Morgan fingerprint density at radius 2 is 2.32 bits per heavy atom. The minimum absolute atomic E-state index is 0.0315. The van der Waals surface area contributed by atoms with Crippen LogP contribution in [0.1, 0.15) is 42.2 Å². The highest BCUT2D eigenvalue weighted by Gasteiger charge is 2.32. The van der Waals surface area contributed by atoms with Gasteiger partial charge in [0.2, 0.25) is 0 Å². The number of carbonyl (C=O) groups is 1. The van der Waals surface area contributed by atoms with Crippen molar-refractivity contribution in [3.63, 3.8) is 0 Å². The summed E-state index contributed by atoms with van der Waals surface area (Å²) in [4.78, 5) is 18.6. The summed E-state index contributed by atoms with van der Waals surface area (Å²) in [6.07, 6.45) is 5.76. The van der Waals surface area contributed by atoms with Crippen LogP contribution in [0.2, 0.25) is 5.15 Å². The average Bonchev–Trinajstić information content (AvgIpc) is 3.19. The maximum Gasteiger partial charge on any atom is 0.254 e. The second-order valence-electron chi connectivity index (χ2n) is 4.90. The van der Waals surface area contributed by atoms with Crippen LogP contribution in [-0.2, 0) is 6.42 Å². The van der Waals surface area contributed by atoms with Gasteiger partial charge in [0.15, 0.2) is 0 Å². The zero-order valence-electron chi connectivity index (χ0n) is 11.2. The molecule has 3 nitrogen and oxygen atoms in total. The lowest BCUT2D eigenvalue weighted by Crippen LogP contribution is -2.33. The van der Waals surface area contributed by atoms with Crippen molar-refractivity contribution in [3.8, 4) is 0 Å². The standard InChI is InChI=1S/C15H19ClN2O/c1-3-5-12-9-11(10-14(16)17-12)15(19)18(8-4-2)13-6-7-13/h4,9-10,13H,2-3,5-8H2,1H3. The van der Waals surface area contributed by atoms with Crippen LogP contribution in [-0.4, -0.2) is 28.4 Å². The van der Waals surface area contributed by atoms with Crippen molar-refractivity contribution in [1.82, 2.24) is 9.88 Å². The Hall–Kier alpha value is -1.35. The molecule has 19 heavy (non-hydrogen) atoms. The number of nitrogens with zero attached hydrogens (tertiary/aromatic N) is 2. The maximum absolute atomic E-state index is 12.5. The molecule has 2 rings (SSSR count). The van der Waals surface area contributed by atoms with E-state index in [2.05, 4.69) is 18.5 Å². The Kier molecular flexibility index (Phi) is 4.59. The van der Waals surface area contributed by atoms with Crippen molar-refractivity contribution >= 4 is 17.5 Å². The van der Waals surface area contributed by atoms with Gasteiger partial charge in [0, 0.05) is 23.8 Å². The Morgan fingerprint density at radius 3 is 2.89 bits per heavy atom.